The summed E-state index contributed by atoms with van der Waals surface area (Å²) in [4.78, 5) is 30.1. The Kier molecular flexibility index (Phi) is 5.61. The predicted octanol–water partition coefficient (Wildman–Crippen LogP) is 4.27. The lowest BCUT2D eigenvalue weighted by molar-refractivity contribution is 0.0656. The number of nitrogens with zero attached hydrogens (tertiary/aromatic N) is 2. The molecule has 1 saturated heterocycles. The third-order valence-electron chi connectivity index (χ3n) is 5.89. The normalized spacial score (nSPS) is 18.4. The van der Waals surface area contributed by atoms with Crippen molar-refractivity contribution < 1.29 is 18.7 Å². The van der Waals surface area contributed by atoms with Crippen LogP contribution < -0.4 is 15.0 Å². The lowest BCUT2D eigenvalue weighted by Crippen LogP contribution is -2.55. The monoisotopic (exact) mass is 411 g/mol. The number of halogens is 1. The topological polar surface area (TPSA) is 61.9 Å². The van der Waals surface area contributed by atoms with Gasteiger partial charge in [-0.25, -0.2) is 4.39 Å². The van der Waals surface area contributed by atoms with Crippen molar-refractivity contribution in [2.24, 2.45) is 0 Å². The van der Waals surface area contributed by atoms with Gasteiger partial charge >= 0.3 is 0 Å². The van der Waals surface area contributed by atoms with E-state index in [-0.39, 0.29) is 23.7 Å². The number of rotatable bonds is 4. The second-order valence-corrected chi connectivity index (χ2v) is 7.65. The molecule has 0 radical (unpaired) electrons. The average molecular weight is 411 g/mol. The third-order valence-corrected chi connectivity index (χ3v) is 5.89. The van der Waals surface area contributed by atoms with E-state index >= 15 is 0 Å². The molecule has 0 saturated carbocycles. The van der Waals surface area contributed by atoms with Crippen molar-refractivity contribution >= 4 is 23.2 Å². The number of anilines is 2. The standard InChI is InChI=1S/C23H26FN3O3/c1-3-26-19-13-15(22(28)25-16-9-11-20(30-2)18(24)14-16)8-10-17(19)23(29)27-12-6-4-5-7-21(26)27/h8-11,13-14,21H,3-7,12H2,1-2H3,(H,25,28). The molecule has 2 aromatic rings. The number of amides is 2. The zero-order chi connectivity index (χ0) is 21.3. The van der Waals surface area contributed by atoms with Gasteiger partial charge in [0.1, 0.15) is 6.17 Å². The van der Waals surface area contributed by atoms with Gasteiger partial charge in [0.15, 0.2) is 11.6 Å². The molecule has 1 unspecified atom stereocenters. The third kappa shape index (κ3) is 3.60. The highest BCUT2D eigenvalue weighted by Gasteiger charge is 2.37. The number of benzene rings is 2. The Morgan fingerprint density at radius 2 is 2.03 bits per heavy atom. The van der Waals surface area contributed by atoms with E-state index < -0.39 is 5.82 Å². The van der Waals surface area contributed by atoms with Gasteiger partial charge in [0.25, 0.3) is 11.8 Å². The van der Waals surface area contributed by atoms with Crippen molar-refractivity contribution in [3.63, 3.8) is 0 Å². The predicted molar refractivity (Wildman–Crippen MR) is 114 cm³/mol. The molecule has 2 heterocycles. The largest absolute Gasteiger partial charge is 0.494 e. The van der Waals surface area contributed by atoms with Gasteiger partial charge in [0.2, 0.25) is 0 Å². The van der Waals surface area contributed by atoms with Crippen LogP contribution in [-0.4, -0.2) is 43.1 Å². The summed E-state index contributed by atoms with van der Waals surface area (Å²) in [5.74, 6) is -0.747. The van der Waals surface area contributed by atoms with Crippen LogP contribution in [0.3, 0.4) is 0 Å². The maximum atomic E-state index is 13.9. The first-order valence-corrected chi connectivity index (χ1v) is 10.4. The molecule has 0 bridgehead atoms. The highest BCUT2D eigenvalue weighted by molar-refractivity contribution is 6.08. The molecule has 4 rings (SSSR count). The minimum Gasteiger partial charge on any atom is -0.494 e. The summed E-state index contributed by atoms with van der Waals surface area (Å²) in [7, 11) is 1.39. The molecule has 2 aromatic carbocycles. The van der Waals surface area contributed by atoms with Crippen LogP contribution in [0.4, 0.5) is 15.8 Å². The van der Waals surface area contributed by atoms with Crippen LogP contribution in [0.2, 0.25) is 0 Å². The molecule has 1 N–H and O–H groups in total. The Morgan fingerprint density at radius 3 is 2.77 bits per heavy atom. The molecule has 2 aliphatic rings. The zero-order valence-corrected chi connectivity index (χ0v) is 17.3. The molecular formula is C23H26FN3O3. The number of hydrogen-bond donors (Lipinski definition) is 1. The lowest BCUT2D eigenvalue weighted by Gasteiger charge is -2.44. The van der Waals surface area contributed by atoms with Crippen LogP contribution in [0.1, 0.15) is 53.3 Å². The second kappa shape index (κ2) is 8.34. The van der Waals surface area contributed by atoms with Gasteiger partial charge in [-0.2, -0.15) is 0 Å². The Bertz CT molecular complexity index is 978. The molecule has 30 heavy (non-hydrogen) atoms. The Hall–Kier alpha value is -3.09. The fraction of sp³-hybridized carbons (Fsp3) is 0.391. The molecule has 2 amide bonds. The molecule has 158 valence electrons. The lowest BCUT2D eigenvalue weighted by atomic mass is 10.0. The fourth-order valence-corrected chi connectivity index (χ4v) is 4.39. The molecule has 0 aliphatic carbocycles. The number of carbonyl (C=O) groups is 2. The molecule has 1 atom stereocenters. The number of nitrogens with one attached hydrogen (secondary N) is 1. The Balaban J connectivity index is 1.63. The number of ether oxygens (including phenoxy) is 1. The van der Waals surface area contributed by atoms with Crippen LogP contribution in [0.25, 0.3) is 0 Å². The second-order valence-electron chi connectivity index (χ2n) is 7.65. The van der Waals surface area contributed by atoms with E-state index in [1.807, 2.05) is 4.90 Å². The van der Waals surface area contributed by atoms with Crippen molar-refractivity contribution in [2.75, 3.05) is 30.4 Å². The number of methoxy groups -OCH3 is 1. The average Bonchev–Trinajstić information content (AvgIpc) is 3.00. The summed E-state index contributed by atoms with van der Waals surface area (Å²) >= 11 is 0. The van der Waals surface area contributed by atoms with Gasteiger partial charge < -0.3 is 19.9 Å². The van der Waals surface area contributed by atoms with E-state index in [1.165, 1.54) is 19.2 Å². The van der Waals surface area contributed by atoms with Gasteiger partial charge in [-0.05, 0) is 56.5 Å². The quantitative estimate of drug-likeness (QED) is 0.816. The maximum Gasteiger partial charge on any atom is 0.257 e. The molecular weight excluding hydrogens is 385 g/mol. The van der Waals surface area contributed by atoms with Crippen molar-refractivity contribution in [3.05, 3.63) is 53.3 Å². The maximum absolute atomic E-state index is 13.9. The van der Waals surface area contributed by atoms with Crippen molar-refractivity contribution in [2.45, 2.75) is 38.8 Å². The molecule has 0 aromatic heterocycles. The summed E-state index contributed by atoms with van der Waals surface area (Å²) in [6.07, 6.45) is 4.20. The Labute approximate surface area is 175 Å². The van der Waals surface area contributed by atoms with Crippen molar-refractivity contribution in [1.29, 1.82) is 0 Å². The number of carbonyl (C=O) groups excluding carboxylic acids is 2. The van der Waals surface area contributed by atoms with Crippen LogP contribution >= 0.6 is 0 Å². The van der Waals surface area contributed by atoms with Gasteiger partial charge in [0, 0.05) is 30.4 Å². The van der Waals surface area contributed by atoms with E-state index in [2.05, 4.69) is 17.1 Å². The minimum absolute atomic E-state index is 0.0331. The van der Waals surface area contributed by atoms with E-state index in [1.54, 1.807) is 24.3 Å². The summed E-state index contributed by atoms with van der Waals surface area (Å²) in [5, 5.41) is 2.72. The first-order chi connectivity index (χ1) is 14.5. The van der Waals surface area contributed by atoms with E-state index in [0.29, 0.717) is 16.8 Å². The summed E-state index contributed by atoms with van der Waals surface area (Å²) in [6, 6.07) is 9.43. The van der Waals surface area contributed by atoms with Gasteiger partial charge in [-0.3, -0.25) is 9.59 Å². The smallest absolute Gasteiger partial charge is 0.257 e. The molecule has 0 spiro atoms. The zero-order valence-electron chi connectivity index (χ0n) is 17.3. The first kappa shape index (κ1) is 20.2. The number of hydrogen-bond acceptors (Lipinski definition) is 4. The molecule has 7 heteroatoms. The summed E-state index contributed by atoms with van der Waals surface area (Å²) in [6.45, 7) is 3.58. The minimum atomic E-state index is -0.544. The molecule has 1 fully saturated rings. The van der Waals surface area contributed by atoms with Crippen LogP contribution in [-0.2, 0) is 0 Å². The SMILES string of the molecule is CCN1c2cc(C(=O)Nc3ccc(OC)c(F)c3)ccc2C(=O)N2CCCCCC21. The number of fused-ring (bicyclic) bond motifs is 2. The highest BCUT2D eigenvalue weighted by Crippen LogP contribution is 2.35. The van der Waals surface area contributed by atoms with E-state index in [4.69, 9.17) is 4.74 Å². The Morgan fingerprint density at radius 1 is 1.20 bits per heavy atom. The van der Waals surface area contributed by atoms with Crippen molar-refractivity contribution in [1.82, 2.24) is 4.90 Å². The highest BCUT2D eigenvalue weighted by atomic mass is 19.1. The van der Waals surface area contributed by atoms with Crippen LogP contribution in [0.15, 0.2) is 36.4 Å². The summed E-state index contributed by atoms with van der Waals surface area (Å²) < 4.78 is 18.8. The first-order valence-electron chi connectivity index (χ1n) is 10.4. The summed E-state index contributed by atoms with van der Waals surface area (Å²) in [5.41, 5.74) is 2.19. The van der Waals surface area contributed by atoms with Gasteiger partial charge in [-0.15, -0.1) is 0 Å². The van der Waals surface area contributed by atoms with E-state index in [0.717, 1.165) is 44.5 Å². The van der Waals surface area contributed by atoms with Crippen LogP contribution in [0, 0.1) is 5.82 Å². The van der Waals surface area contributed by atoms with Crippen LogP contribution in [0.5, 0.6) is 5.75 Å². The molecule has 6 nitrogen and oxygen atoms in total. The van der Waals surface area contributed by atoms with Gasteiger partial charge in [0.05, 0.1) is 18.4 Å². The van der Waals surface area contributed by atoms with E-state index in [9.17, 15) is 14.0 Å². The van der Waals surface area contributed by atoms with Crippen molar-refractivity contribution in [3.8, 4) is 5.75 Å². The van der Waals surface area contributed by atoms with Gasteiger partial charge in [-0.1, -0.05) is 6.42 Å². The molecule has 2 aliphatic heterocycles. The fourth-order valence-electron chi connectivity index (χ4n) is 4.39.